The highest BCUT2D eigenvalue weighted by atomic mass is 35.5. The maximum atomic E-state index is 14.1. The molecule has 0 radical (unpaired) electrons. The van der Waals surface area contributed by atoms with Gasteiger partial charge in [-0.2, -0.15) is 10.5 Å². The van der Waals surface area contributed by atoms with E-state index < -0.39 is 17.5 Å². The zero-order valence-corrected chi connectivity index (χ0v) is 12.8. The molecule has 0 aromatic heterocycles. The molecule has 1 aromatic carbocycles. The van der Waals surface area contributed by atoms with Gasteiger partial charge in [0, 0.05) is 25.9 Å². The summed E-state index contributed by atoms with van der Waals surface area (Å²) in [5, 5.41) is 17.4. The summed E-state index contributed by atoms with van der Waals surface area (Å²) >= 11 is 5.90. The molecule has 1 aliphatic heterocycles. The largest absolute Gasteiger partial charge is 0.300 e. The minimum Gasteiger partial charge on any atom is -0.288 e. The lowest BCUT2D eigenvalue weighted by Gasteiger charge is -2.26. The molecule has 0 aliphatic carbocycles. The van der Waals surface area contributed by atoms with Crippen molar-refractivity contribution in [1.82, 2.24) is 4.90 Å². The van der Waals surface area contributed by atoms with E-state index in [4.69, 9.17) is 22.1 Å². The lowest BCUT2D eigenvalue weighted by Crippen LogP contribution is -2.42. The van der Waals surface area contributed by atoms with Crippen molar-refractivity contribution in [1.29, 1.82) is 10.5 Å². The van der Waals surface area contributed by atoms with Crippen LogP contribution in [0.25, 0.3) is 0 Å². The van der Waals surface area contributed by atoms with Crippen LogP contribution in [0.5, 0.6) is 0 Å². The number of Topliss-reactive ketones (excluding diaryl/α,β-unsaturated/α-hetero) is 1. The molecule has 0 unspecified atom stereocenters. The Morgan fingerprint density at radius 3 is 2.35 bits per heavy atom. The predicted octanol–water partition coefficient (Wildman–Crippen LogP) is 2.10. The molecule has 23 heavy (non-hydrogen) atoms. The van der Waals surface area contributed by atoms with Crippen molar-refractivity contribution >= 4 is 29.0 Å². The average Bonchev–Trinajstić information content (AvgIpc) is 2.79. The number of hydrogen-bond acceptors (Lipinski definition) is 5. The van der Waals surface area contributed by atoms with E-state index in [1.807, 2.05) is 12.1 Å². The van der Waals surface area contributed by atoms with E-state index in [9.17, 15) is 14.0 Å². The fraction of sp³-hybridized carbons (Fsp3) is 0.333. The zero-order chi connectivity index (χ0) is 17.0. The highest BCUT2D eigenvalue weighted by Gasteiger charge is 2.40. The van der Waals surface area contributed by atoms with Crippen LogP contribution in [0.1, 0.15) is 23.2 Å². The normalized spacial score (nSPS) is 13.2. The Bertz CT molecular complexity index is 720. The molecule has 0 N–H and O–H groups in total. The van der Waals surface area contributed by atoms with E-state index in [2.05, 4.69) is 0 Å². The van der Waals surface area contributed by atoms with E-state index in [1.54, 1.807) is 4.90 Å². The van der Waals surface area contributed by atoms with Gasteiger partial charge in [-0.05, 0) is 12.1 Å². The number of rotatable bonds is 6. The second kappa shape index (κ2) is 7.19. The Balaban J connectivity index is 2.31. The molecule has 2 rings (SSSR count). The Kier molecular flexibility index (Phi) is 5.28. The SMILES string of the molecule is N#CCCN(CCC#N)CN1C(=O)C(=O)c2c(Cl)ccc(F)c21. The van der Waals surface area contributed by atoms with Crippen LogP contribution >= 0.6 is 11.6 Å². The Morgan fingerprint density at radius 1 is 1.17 bits per heavy atom. The first-order chi connectivity index (χ1) is 11.0. The van der Waals surface area contributed by atoms with Gasteiger partial charge in [0.05, 0.1) is 35.1 Å². The second-order valence-electron chi connectivity index (χ2n) is 4.89. The highest BCUT2D eigenvalue weighted by Crippen LogP contribution is 2.36. The zero-order valence-electron chi connectivity index (χ0n) is 12.1. The van der Waals surface area contributed by atoms with Crippen molar-refractivity contribution in [3.63, 3.8) is 0 Å². The van der Waals surface area contributed by atoms with Gasteiger partial charge in [0.2, 0.25) is 0 Å². The number of ketones is 1. The standard InChI is InChI=1S/C15H12ClFN4O2/c16-10-3-4-11(17)13-12(10)14(22)15(23)21(13)9-20(7-1-5-18)8-2-6-19/h3-4H,1-2,7-9H2. The van der Waals surface area contributed by atoms with Gasteiger partial charge >= 0.3 is 5.91 Å². The van der Waals surface area contributed by atoms with E-state index in [-0.39, 0.29) is 35.8 Å². The molecule has 0 atom stereocenters. The van der Waals surface area contributed by atoms with E-state index in [1.165, 1.54) is 6.07 Å². The van der Waals surface area contributed by atoms with Crippen molar-refractivity contribution in [2.45, 2.75) is 12.8 Å². The molecule has 0 saturated heterocycles. The van der Waals surface area contributed by atoms with Crippen molar-refractivity contribution in [2.75, 3.05) is 24.7 Å². The number of amides is 1. The Morgan fingerprint density at radius 2 is 1.78 bits per heavy atom. The van der Waals surface area contributed by atoms with Gasteiger partial charge in [0.25, 0.3) is 5.78 Å². The number of carbonyl (C=O) groups excluding carboxylic acids is 2. The van der Waals surface area contributed by atoms with E-state index >= 15 is 0 Å². The molecule has 1 amide bonds. The lowest BCUT2D eigenvalue weighted by atomic mass is 10.1. The van der Waals surface area contributed by atoms with Gasteiger partial charge in [0.15, 0.2) is 0 Å². The number of fused-ring (bicyclic) bond motifs is 1. The highest BCUT2D eigenvalue weighted by molar-refractivity contribution is 6.55. The van der Waals surface area contributed by atoms with E-state index in [0.29, 0.717) is 13.1 Å². The molecule has 1 heterocycles. The second-order valence-corrected chi connectivity index (χ2v) is 5.30. The molecule has 0 bridgehead atoms. The fourth-order valence-corrected chi connectivity index (χ4v) is 2.59. The topological polar surface area (TPSA) is 88.2 Å². The van der Waals surface area contributed by atoms with Gasteiger partial charge in [-0.1, -0.05) is 11.6 Å². The first-order valence-corrected chi connectivity index (χ1v) is 7.19. The lowest BCUT2D eigenvalue weighted by molar-refractivity contribution is -0.114. The van der Waals surface area contributed by atoms with Gasteiger partial charge in [-0.25, -0.2) is 4.39 Å². The molecule has 8 heteroatoms. The Labute approximate surface area is 137 Å². The molecule has 0 saturated carbocycles. The number of halogens is 2. The summed E-state index contributed by atoms with van der Waals surface area (Å²) in [5.74, 6) is -2.44. The molecule has 1 aromatic rings. The van der Waals surface area contributed by atoms with Crippen molar-refractivity contribution in [3.05, 3.63) is 28.5 Å². The number of benzene rings is 1. The summed E-state index contributed by atoms with van der Waals surface area (Å²) in [6.45, 7) is 0.513. The number of hydrogen-bond donors (Lipinski definition) is 0. The van der Waals surface area contributed by atoms with Gasteiger partial charge in [-0.3, -0.25) is 19.4 Å². The van der Waals surface area contributed by atoms with Gasteiger partial charge < -0.3 is 0 Å². The third-order valence-electron chi connectivity index (χ3n) is 3.44. The van der Waals surface area contributed by atoms with Crippen LogP contribution in [0.3, 0.4) is 0 Å². The minimum absolute atomic E-state index is 0.0165. The van der Waals surface area contributed by atoms with Gasteiger partial charge in [-0.15, -0.1) is 0 Å². The number of nitriles is 2. The molecule has 118 valence electrons. The molecule has 6 nitrogen and oxygen atoms in total. The van der Waals surface area contributed by atoms with Crippen molar-refractivity contribution in [3.8, 4) is 12.1 Å². The molecule has 0 fully saturated rings. The van der Waals surface area contributed by atoms with E-state index in [0.717, 1.165) is 11.0 Å². The number of anilines is 1. The monoisotopic (exact) mass is 334 g/mol. The maximum Gasteiger partial charge on any atom is 0.300 e. The molecular weight excluding hydrogens is 323 g/mol. The summed E-state index contributed by atoms with van der Waals surface area (Å²) in [7, 11) is 0. The fourth-order valence-electron chi connectivity index (χ4n) is 2.36. The first-order valence-electron chi connectivity index (χ1n) is 6.81. The van der Waals surface area contributed by atoms with Crippen LogP contribution in [0.2, 0.25) is 5.02 Å². The van der Waals surface area contributed by atoms with Crippen molar-refractivity contribution < 1.29 is 14.0 Å². The number of carbonyl (C=O) groups is 2. The molecular formula is C15H12ClFN4O2. The predicted molar refractivity (Wildman–Crippen MR) is 80.1 cm³/mol. The van der Waals surface area contributed by atoms with Crippen LogP contribution in [0, 0.1) is 28.5 Å². The number of nitrogens with zero attached hydrogens (tertiary/aromatic N) is 4. The Hall–Kier alpha value is -2.48. The molecule has 1 aliphatic rings. The summed E-state index contributed by atoms with van der Waals surface area (Å²) in [6.07, 6.45) is 0.374. The van der Waals surface area contributed by atoms with Crippen molar-refractivity contribution in [2.24, 2.45) is 0 Å². The third-order valence-corrected chi connectivity index (χ3v) is 3.75. The van der Waals surface area contributed by atoms with Crippen LogP contribution in [-0.2, 0) is 4.79 Å². The smallest absolute Gasteiger partial charge is 0.288 e. The molecule has 0 spiro atoms. The summed E-state index contributed by atoms with van der Waals surface area (Å²) in [5.41, 5.74) is -0.288. The maximum absolute atomic E-state index is 14.1. The summed E-state index contributed by atoms with van der Waals surface area (Å²) in [4.78, 5) is 26.8. The average molecular weight is 335 g/mol. The van der Waals surface area contributed by atoms with Gasteiger partial charge in [0.1, 0.15) is 5.82 Å². The third kappa shape index (κ3) is 3.31. The van der Waals surface area contributed by atoms with Crippen LogP contribution in [-0.4, -0.2) is 36.3 Å². The van der Waals surface area contributed by atoms with Crippen LogP contribution in [0.4, 0.5) is 10.1 Å². The first kappa shape index (κ1) is 16.9. The summed E-state index contributed by atoms with van der Waals surface area (Å²) in [6, 6.07) is 6.26. The summed E-state index contributed by atoms with van der Waals surface area (Å²) < 4.78 is 14.1. The quantitative estimate of drug-likeness (QED) is 0.743. The van der Waals surface area contributed by atoms with Crippen LogP contribution < -0.4 is 4.90 Å². The minimum atomic E-state index is -0.870. The van der Waals surface area contributed by atoms with Crippen LogP contribution in [0.15, 0.2) is 12.1 Å².